The second kappa shape index (κ2) is 4.90. The van der Waals surface area contributed by atoms with Gasteiger partial charge in [0.1, 0.15) is 5.82 Å². The number of nitrogens with one attached hydrogen (secondary N) is 1. The summed E-state index contributed by atoms with van der Waals surface area (Å²) in [5.74, 6) is 1.15. The van der Waals surface area contributed by atoms with Gasteiger partial charge in [-0.1, -0.05) is 13.3 Å². The van der Waals surface area contributed by atoms with Gasteiger partial charge in [-0.05, 0) is 20.3 Å². The summed E-state index contributed by atoms with van der Waals surface area (Å²) in [6, 6.07) is 2.10. The van der Waals surface area contributed by atoms with Gasteiger partial charge in [0.05, 0.1) is 5.69 Å². The molecule has 1 N–H and O–H groups in total. The standard InChI is InChI=1S/C10H19N3/c1-4-6-7-11-10-8-9(3)12-13(10)5-2/h8,11H,4-7H2,1-3H3. The predicted molar refractivity (Wildman–Crippen MR) is 56.0 cm³/mol. The van der Waals surface area contributed by atoms with E-state index in [1.807, 2.05) is 11.6 Å². The minimum atomic E-state index is 0.933. The first kappa shape index (κ1) is 10.1. The Morgan fingerprint density at radius 3 is 2.85 bits per heavy atom. The van der Waals surface area contributed by atoms with Gasteiger partial charge in [-0.3, -0.25) is 0 Å². The molecule has 1 aromatic rings. The van der Waals surface area contributed by atoms with Crippen molar-refractivity contribution in [2.24, 2.45) is 0 Å². The third-order valence-electron chi connectivity index (χ3n) is 2.04. The van der Waals surface area contributed by atoms with Gasteiger partial charge in [0, 0.05) is 19.2 Å². The molecule has 3 nitrogen and oxygen atoms in total. The molecule has 13 heavy (non-hydrogen) atoms. The maximum absolute atomic E-state index is 4.36. The quantitative estimate of drug-likeness (QED) is 0.707. The Hall–Kier alpha value is -0.990. The van der Waals surface area contributed by atoms with Crippen molar-refractivity contribution in [3.63, 3.8) is 0 Å². The van der Waals surface area contributed by atoms with Crippen LogP contribution in [0.25, 0.3) is 0 Å². The fourth-order valence-electron chi connectivity index (χ4n) is 1.32. The number of rotatable bonds is 5. The summed E-state index contributed by atoms with van der Waals surface area (Å²) >= 11 is 0. The number of hydrogen-bond donors (Lipinski definition) is 1. The first-order valence-corrected chi connectivity index (χ1v) is 5.06. The SMILES string of the molecule is CCCCNc1cc(C)nn1CC. The van der Waals surface area contributed by atoms with Crippen LogP contribution in [0, 0.1) is 6.92 Å². The maximum Gasteiger partial charge on any atom is 0.124 e. The lowest BCUT2D eigenvalue weighted by Crippen LogP contribution is -2.07. The summed E-state index contributed by atoms with van der Waals surface area (Å²) in [5.41, 5.74) is 1.08. The Kier molecular flexibility index (Phi) is 3.80. The Morgan fingerprint density at radius 1 is 1.46 bits per heavy atom. The molecular formula is C10H19N3. The molecule has 0 atom stereocenters. The molecular weight excluding hydrogens is 162 g/mol. The number of nitrogens with zero attached hydrogens (tertiary/aromatic N) is 2. The van der Waals surface area contributed by atoms with E-state index in [1.54, 1.807) is 0 Å². The van der Waals surface area contributed by atoms with E-state index in [-0.39, 0.29) is 0 Å². The minimum absolute atomic E-state index is 0.933. The van der Waals surface area contributed by atoms with Crippen LogP contribution in [0.15, 0.2) is 6.07 Å². The topological polar surface area (TPSA) is 29.9 Å². The summed E-state index contributed by atoms with van der Waals surface area (Å²) in [5, 5.41) is 7.75. The summed E-state index contributed by atoms with van der Waals surface area (Å²) in [7, 11) is 0. The molecule has 0 amide bonds. The molecule has 0 aromatic carbocycles. The van der Waals surface area contributed by atoms with Crippen molar-refractivity contribution in [3.05, 3.63) is 11.8 Å². The van der Waals surface area contributed by atoms with E-state index in [0.717, 1.165) is 24.6 Å². The number of anilines is 1. The fourth-order valence-corrected chi connectivity index (χ4v) is 1.32. The average molecular weight is 181 g/mol. The van der Waals surface area contributed by atoms with E-state index in [9.17, 15) is 0 Å². The Labute approximate surface area is 80.1 Å². The van der Waals surface area contributed by atoms with Gasteiger partial charge in [0.2, 0.25) is 0 Å². The zero-order valence-electron chi connectivity index (χ0n) is 8.80. The van der Waals surface area contributed by atoms with Gasteiger partial charge in [-0.25, -0.2) is 4.68 Å². The highest BCUT2D eigenvalue weighted by Crippen LogP contribution is 2.09. The fraction of sp³-hybridized carbons (Fsp3) is 0.700. The third-order valence-corrected chi connectivity index (χ3v) is 2.04. The smallest absolute Gasteiger partial charge is 0.124 e. The van der Waals surface area contributed by atoms with Crippen LogP contribution in [0.1, 0.15) is 32.4 Å². The van der Waals surface area contributed by atoms with Crippen LogP contribution in [-0.4, -0.2) is 16.3 Å². The molecule has 0 fully saturated rings. The largest absolute Gasteiger partial charge is 0.370 e. The zero-order valence-corrected chi connectivity index (χ0v) is 8.80. The van der Waals surface area contributed by atoms with Crippen LogP contribution in [0.2, 0.25) is 0 Å². The van der Waals surface area contributed by atoms with Crippen LogP contribution >= 0.6 is 0 Å². The van der Waals surface area contributed by atoms with Crippen molar-refractivity contribution in [2.75, 3.05) is 11.9 Å². The molecule has 0 aliphatic rings. The van der Waals surface area contributed by atoms with Crippen molar-refractivity contribution in [3.8, 4) is 0 Å². The van der Waals surface area contributed by atoms with Crippen LogP contribution in [0.4, 0.5) is 5.82 Å². The molecule has 1 rings (SSSR count). The summed E-state index contributed by atoms with van der Waals surface area (Å²) in [6.45, 7) is 8.31. The molecule has 1 heterocycles. The highest BCUT2D eigenvalue weighted by atomic mass is 15.3. The lowest BCUT2D eigenvalue weighted by Gasteiger charge is -2.06. The van der Waals surface area contributed by atoms with Crippen LogP contribution < -0.4 is 5.32 Å². The van der Waals surface area contributed by atoms with E-state index in [2.05, 4.69) is 30.3 Å². The summed E-state index contributed by atoms with van der Waals surface area (Å²) < 4.78 is 2.00. The van der Waals surface area contributed by atoms with E-state index in [0.29, 0.717) is 0 Å². The first-order valence-electron chi connectivity index (χ1n) is 5.06. The molecule has 0 saturated heterocycles. The lowest BCUT2D eigenvalue weighted by molar-refractivity contribution is 0.655. The van der Waals surface area contributed by atoms with E-state index < -0.39 is 0 Å². The van der Waals surface area contributed by atoms with Crippen molar-refractivity contribution < 1.29 is 0 Å². The molecule has 0 aliphatic heterocycles. The maximum atomic E-state index is 4.36. The molecule has 0 aliphatic carbocycles. The van der Waals surface area contributed by atoms with Crippen LogP contribution in [0.5, 0.6) is 0 Å². The monoisotopic (exact) mass is 181 g/mol. The number of hydrogen-bond acceptors (Lipinski definition) is 2. The van der Waals surface area contributed by atoms with Gasteiger partial charge in [-0.15, -0.1) is 0 Å². The van der Waals surface area contributed by atoms with Crippen LogP contribution in [0.3, 0.4) is 0 Å². The molecule has 0 bridgehead atoms. The average Bonchev–Trinajstić information content (AvgIpc) is 2.47. The second-order valence-electron chi connectivity index (χ2n) is 3.27. The summed E-state index contributed by atoms with van der Waals surface area (Å²) in [4.78, 5) is 0. The van der Waals surface area contributed by atoms with Crippen molar-refractivity contribution in [1.29, 1.82) is 0 Å². The normalized spacial score (nSPS) is 10.4. The molecule has 74 valence electrons. The molecule has 3 heteroatoms. The van der Waals surface area contributed by atoms with Gasteiger partial charge >= 0.3 is 0 Å². The summed E-state index contributed by atoms with van der Waals surface area (Å²) in [6.07, 6.45) is 2.44. The first-order chi connectivity index (χ1) is 6.27. The zero-order chi connectivity index (χ0) is 9.68. The third kappa shape index (κ3) is 2.76. The predicted octanol–water partition coefficient (Wildman–Crippen LogP) is 2.42. The Morgan fingerprint density at radius 2 is 2.23 bits per heavy atom. The van der Waals surface area contributed by atoms with Crippen molar-refractivity contribution in [2.45, 2.75) is 40.2 Å². The minimum Gasteiger partial charge on any atom is -0.370 e. The molecule has 0 spiro atoms. The molecule has 1 aromatic heterocycles. The van der Waals surface area contributed by atoms with Crippen molar-refractivity contribution >= 4 is 5.82 Å². The lowest BCUT2D eigenvalue weighted by atomic mass is 10.3. The molecule has 0 unspecified atom stereocenters. The van der Waals surface area contributed by atoms with Crippen LogP contribution in [-0.2, 0) is 6.54 Å². The van der Waals surface area contributed by atoms with Crippen molar-refractivity contribution in [1.82, 2.24) is 9.78 Å². The highest BCUT2D eigenvalue weighted by molar-refractivity contribution is 5.36. The van der Waals surface area contributed by atoms with E-state index >= 15 is 0 Å². The molecule has 0 saturated carbocycles. The van der Waals surface area contributed by atoms with Gasteiger partial charge in [0.15, 0.2) is 0 Å². The molecule has 0 radical (unpaired) electrons. The van der Waals surface area contributed by atoms with Gasteiger partial charge in [-0.2, -0.15) is 5.10 Å². The Bertz CT molecular complexity index is 253. The van der Waals surface area contributed by atoms with E-state index in [1.165, 1.54) is 12.8 Å². The Balaban J connectivity index is 2.53. The number of aryl methyl sites for hydroxylation is 2. The number of unbranched alkanes of at least 4 members (excludes halogenated alkanes) is 1. The second-order valence-corrected chi connectivity index (χ2v) is 3.27. The van der Waals surface area contributed by atoms with Gasteiger partial charge in [0.25, 0.3) is 0 Å². The highest BCUT2D eigenvalue weighted by Gasteiger charge is 2.01. The van der Waals surface area contributed by atoms with E-state index in [4.69, 9.17) is 0 Å². The van der Waals surface area contributed by atoms with Gasteiger partial charge < -0.3 is 5.32 Å². The number of aromatic nitrogens is 2.